The maximum absolute atomic E-state index is 5.74. The van der Waals surface area contributed by atoms with E-state index in [0.29, 0.717) is 12.5 Å². The highest BCUT2D eigenvalue weighted by Gasteiger charge is 2.04. The van der Waals surface area contributed by atoms with E-state index in [4.69, 9.17) is 4.42 Å². The van der Waals surface area contributed by atoms with Crippen LogP contribution < -0.4 is 5.32 Å². The summed E-state index contributed by atoms with van der Waals surface area (Å²) < 4.78 is 5.74. The lowest BCUT2D eigenvalue weighted by molar-refractivity contribution is 0.425. The molecule has 2 rings (SSSR count). The number of aromatic nitrogens is 1. The number of hydrogen-bond acceptors (Lipinski definition) is 3. The molecule has 0 saturated carbocycles. The first-order chi connectivity index (χ1) is 9.63. The van der Waals surface area contributed by atoms with E-state index in [1.165, 1.54) is 11.1 Å². The van der Waals surface area contributed by atoms with E-state index in [9.17, 15) is 0 Å². The van der Waals surface area contributed by atoms with E-state index in [1.54, 1.807) is 0 Å². The molecule has 1 heterocycles. The van der Waals surface area contributed by atoms with Crippen LogP contribution in [0.2, 0.25) is 0 Å². The first-order valence-electron chi connectivity index (χ1n) is 7.33. The Kier molecular flexibility index (Phi) is 5.36. The summed E-state index contributed by atoms with van der Waals surface area (Å²) in [5, 5.41) is 3.34. The van der Waals surface area contributed by atoms with Crippen molar-refractivity contribution in [2.45, 2.75) is 40.2 Å². The van der Waals surface area contributed by atoms with E-state index in [0.717, 1.165) is 31.0 Å². The van der Waals surface area contributed by atoms with Gasteiger partial charge in [-0.25, -0.2) is 4.98 Å². The number of rotatable bonds is 7. The molecule has 0 unspecified atom stereocenters. The fourth-order valence-electron chi connectivity index (χ4n) is 2.15. The molecule has 3 heteroatoms. The van der Waals surface area contributed by atoms with E-state index in [2.05, 4.69) is 55.3 Å². The highest BCUT2D eigenvalue weighted by atomic mass is 16.4. The molecule has 108 valence electrons. The summed E-state index contributed by atoms with van der Waals surface area (Å²) in [6.07, 6.45) is 3.75. The molecule has 0 spiro atoms. The van der Waals surface area contributed by atoms with Gasteiger partial charge in [0.2, 0.25) is 5.89 Å². The smallest absolute Gasteiger partial charge is 0.208 e. The summed E-state index contributed by atoms with van der Waals surface area (Å²) in [6.45, 7) is 8.20. The van der Waals surface area contributed by atoms with Crippen molar-refractivity contribution in [3.8, 4) is 0 Å². The van der Waals surface area contributed by atoms with Crippen LogP contribution in [0.15, 0.2) is 34.9 Å². The molecule has 2 aromatic rings. The zero-order valence-electron chi connectivity index (χ0n) is 12.6. The minimum atomic E-state index is 0.644. The average molecular weight is 272 g/mol. The standard InChI is InChI=1S/C17H24N2O/c1-13(2)10-18-12-17-19-11-16(20-17)8-7-15-6-4-5-14(3)9-15/h4-6,9,11,13,18H,7-8,10,12H2,1-3H3. The Morgan fingerprint density at radius 3 is 2.85 bits per heavy atom. The lowest BCUT2D eigenvalue weighted by Crippen LogP contribution is -2.19. The van der Waals surface area contributed by atoms with Crippen molar-refractivity contribution in [1.82, 2.24) is 10.3 Å². The van der Waals surface area contributed by atoms with Gasteiger partial charge in [-0.2, -0.15) is 0 Å². The van der Waals surface area contributed by atoms with Crippen LogP contribution in [0.5, 0.6) is 0 Å². The number of hydrogen-bond donors (Lipinski definition) is 1. The molecule has 0 radical (unpaired) electrons. The molecule has 1 aromatic heterocycles. The molecule has 0 aliphatic rings. The molecule has 0 aliphatic carbocycles. The lowest BCUT2D eigenvalue weighted by atomic mass is 10.1. The molecule has 0 amide bonds. The highest BCUT2D eigenvalue weighted by Crippen LogP contribution is 2.10. The van der Waals surface area contributed by atoms with Gasteiger partial charge in [0, 0.05) is 6.42 Å². The Labute approximate surface area is 121 Å². The van der Waals surface area contributed by atoms with Gasteiger partial charge in [-0.15, -0.1) is 0 Å². The zero-order chi connectivity index (χ0) is 14.4. The van der Waals surface area contributed by atoms with E-state index >= 15 is 0 Å². The Bertz CT molecular complexity index is 531. The van der Waals surface area contributed by atoms with Gasteiger partial charge < -0.3 is 9.73 Å². The lowest BCUT2D eigenvalue weighted by Gasteiger charge is -2.04. The molecule has 1 aromatic carbocycles. The summed E-state index contributed by atoms with van der Waals surface area (Å²) in [6, 6.07) is 8.61. The third-order valence-electron chi connectivity index (χ3n) is 3.17. The number of benzene rings is 1. The van der Waals surface area contributed by atoms with Gasteiger partial charge >= 0.3 is 0 Å². The van der Waals surface area contributed by atoms with Crippen molar-refractivity contribution >= 4 is 0 Å². The fourth-order valence-corrected chi connectivity index (χ4v) is 2.15. The summed E-state index contributed by atoms with van der Waals surface area (Å²) in [7, 11) is 0. The van der Waals surface area contributed by atoms with Crippen LogP contribution in [0.3, 0.4) is 0 Å². The van der Waals surface area contributed by atoms with Crippen LogP contribution in [0.25, 0.3) is 0 Å². The number of oxazole rings is 1. The van der Waals surface area contributed by atoms with Crippen LogP contribution in [-0.2, 0) is 19.4 Å². The van der Waals surface area contributed by atoms with Crippen molar-refractivity contribution < 1.29 is 4.42 Å². The van der Waals surface area contributed by atoms with Crippen molar-refractivity contribution in [2.24, 2.45) is 5.92 Å². The third kappa shape index (κ3) is 4.82. The van der Waals surface area contributed by atoms with Gasteiger partial charge in [0.15, 0.2) is 0 Å². The second-order valence-corrected chi connectivity index (χ2v) is 5.73. The maximum atomic E-state index is 5.74. The van der Waals surface area contributed by atoms with Gasteiger partial charge in [-0.3, -0.25) is 0 Å². The van der Waals surface area contributed by atoms with Crippen LogP contribution in [0, 0.1) is 12.8 Å². The van der Waals surface area contributed by atoms with Gasteiger partial charge in [0.05, 0.1) is 12.7 Å². The SMILES string of the molecule is Cc1cccc(CCc2cnc(CNCC(C)C)o2)c1. The Balaban J connectivity index is 1.80. The van der Waals surface area contributed by atoms with Crippen LogP contribution in [0.1, 0.15) is 36.6 Å². The Hall–Kier alpha value is -1.61. The second-order valence-electron chi connectivity index (χ2n) is 5.73. The predicted molar refractivity (Wildman–Crippen MR) is 81.6 cm³/mol. The summed E-state index contributed by atoms with van der Waals surface area (Å²) in [5.41, 5.74) is 2.65. The molecular weight excluding hydrogens is 248 g/mol. The van der Waals surface area contributed by atoms with Crippen LogP contribution in [0.4, 0.5) is 0 Å². The van der Waals surface area contributed by atoms with Crippen molar-refractivity contribution in [3.63, 3.8) is 0 Å². The second kappa shape index (κ2) is 7.25. The molecule has 0 aliphatic heterocycles. The normalized spacial score (nSPS) is 11.2. The average Bonchev–Trinajstić information content (AvgIpc) is 2.84. The zero-order valence-corrected chi connectivity index (χ0v) is 12.6. The van der Waals surface area contributed by atoms with E-state index in [-0.39, 0.29) is 0 Å². The third-order valence-corrected chi connectivity index (χ3v) is 3.17. The van der Waals surface area contributed by atoms with E-state index in [1.807, 2.05) is 6.20 Å². The molecule has 0 fully saturated rings. The molecular formula is C17H24N2O. The fraction of sp³-hybridized carbons (Fsp3) is 0.471. The number of nitrogens with one attached hydrogen (secondary N) is 1. The molecule has 0 bridgehead atoms. The van der Waals surface area contributed by atoms with Gasteiger partial charge in [-0.05, 0) is 31.4 Å². The molecule has 1 N–H and O–H groups in total. The van der Waals surface area contributed by atoms with Gasteiger partial charge in [0.25, 0.3) is 0 Å². The first-order valence-corrected chi connectivity index (χ1v) is 7.33. The van der Waals surface area contributed by atoms with Gasteiger partial charge in [-0.1, -0.05) is 43.7 Å². The van der Waals surface area contributed by atoms with Crippen LogP contribution in [-0.4, -0.2) is 11.5 Å². The molecule has 0 atom stereocenters. The van der Waals surface area contributed by atoms with Crippen molar-refractivity contribution in [1.29, 1.82) is 0 Å². The minimum Gasteiger partial charge on any atom is -0.444 e. The van der Waals surface area contributed by atoms with Crippen molar-refractivity contribution in [3.05, 3.63) is 53.2 Å². The van der Waals surface area contributed by atoms with Crippen LogP contribution >= 0.6 is 0 Å². The highest BCUT2D eigenvalue weighted by molar-refractivity contribution is 5.22. The number of nitrogens with zero attached hydrogens (tertiary/aromatic N) is 1. The Morgan fingerprint density at radius 2 is 2.10 bits per heavy atom. The summed E-state index contributed by atoms with van der Waals surface area (Å²) in [5.74, 6) is 2.39. The molecule has 3 nitrogen and oxygen atoms in total. The molecule has 0 saturated heterocycles. The Morgan fingerprint density at radius 1 is 1.25 bits per heavy atom. The minimum absolute atomic E-state index is 0.644. The summed E-state index contributed by atoms with van der Waals surface area (Å²) in [4.78, 5) is 4.31. The maximum Gasteiger partial charge on any atom is 0.208 e. The van der Waals surface area contributed by atoms with Gasteiger partial charge in [0.1, 0.15) is 5.76 Å². The number of aryl methyl sites for hydroxylation is 3. The monoisotopic (exact) mass is 272 g/mol. The summed E-state index contributed by atoms with van der Waals surface area (Å²) >= 11 is 0. The van der Waals surface area contributed by atoms with Crippen molar-refractivity contribution in [2.75, 3.05) is 6.54 Å². The predicted octanol–water partition coefficient (Wildman–Crippen LogP) is 3.51. The van der Waals surface area contributed by atoms with E-state index < -0.39 is 0 Å². The molecule has 20 heavy (non-hydrogen) atoms. The quantitative estimate of drug-likeness (QED) is 0.838. The first kappa shape index (κ1) is 14.8. The topological polar surface area (TPSA) is 38.1 Å². The largest absolute Gasteiger partial charge is 0.444 e.